The molecule has 1 aliphatic heterocycles. The molecule has 0 radical (unpaired) electrons. The topological polar surface area (TPSA) is 75.3 Å². The molecule has 2 aliphatic rings. The molecular formula is C20H21F2N3O3. The number of nitrogens with zero attached hydrogens (tertiary/aromatic N) is 2. The van der Waals surface area contributed by atoms with Crippen LogP contribution in [-0.4, -0.2) is 40.5 Å². The predicted molar refractivity (Wildman–Crippen MR) is 97.8 cm³/mol. The minimum atomic E-state index is -2.89. The third-order valence-corrected chi connectivity index (χ3v) is 5.82. The maximum absolute atomic E-state index is 12.8. The molecule has 1 N–H and O–H groups in total. The van der Waals surface area contributed by atoms with Gasteiger partial charge in [-0.05, 0) is 56.9 Å². The van der Waals surface area contributed by atoms with E-state index in [1.807, 2.05) is 0 Å². The van der Waals surface area contributed by atoms with E-state index < -0.39 is 6.61 Å². The number of likely N-dealkylation sites (tertiary alicyclic amines) is 1. The predicted octanol–water partition coefficient (Wildman–Crippen LogP) is 2.80. The van der Waals surface area contributed by atoms with E-state index in [1.165, 1.54) is 24.3 Å². The van der Waals surface area contributed by atoms with Gasteiger partial charge in [0.15, 0.2) is 0 Å². The number of carbonyl (C=O) groups excluding carboxylic acids is 1. The monoisotopic (exact) mass is 389 g/mol. The van der Waals surface area contributed by atoms with E-state index in [0.717, 1.165) is 36.9 Å². The van der Waals surface area contributed by atoms with E-state index in [1.54, 1.807) is 11.8 Å². The Kier molecular flexibility index (Phi) is 4.64. The molecule has 1 spiro atoms. The number of aromatic amines is 1. The van der Waals surface area contributed by atoms with E-state index in [0.29, 0.717) is 24.5 Å². The van der Waals surface area contributed by atoms with E-state index in [-0.39, 0.29) is 22.6 Å². The van der Waals surface area contributed by atoms with E-state index in [9.17, 15) is 18.4 Å². The number of amides is 1. The van der Waals surface area contributed by atoms with Crippen molar-refractivity contribution in [3.05, 3.63) is 57.3 Å². The lowest BCUT2D eigenvalue weighted by Crippen LogP contribution is -2.44. The van der Waals surface area contributed by atoms with Crippen LogP contribution in [0.5, 0.6) is 5.75 Å². The van der Waals surface area contributed by atoms with Gasteiger partial charge in [0, 0.05) is 29.6 Å². The van der Waals surface area contributed by atoms with Crippen LogP contribution in [0.25, 0.3) is 0 Å². The van der Waals surface area contributed by atoms with Crippen LogP contribution in [0.15, 0.2) is 29.1 Å². The second-order valence-electron chi connectivity index (χ2n) is 7.45. The third-order valence-electron chi connectivity index (χ3n) is 5.82. The van der Waals surface area contributed by atoms with Gasteiger partial charge in [0.2, 0.25) is 0 Å². The quantitative estimate of drug-likeness (QED) is 0.876. The highest BCUT2D eigenvalue weighted by atomic mass is 19.3. The number of hydrogen-bond donors (Lipinski definition) is 1. The number of aromatic nitrogens is 2. The van der Waals surface area contributed by atoms with Gasteiger partial charge in [0.1, 0.15) is 11.6 Å². The summed E-state index contributed by atoms with van der Waals surface area (Å²) in [4.78, 5) is 34.1. The Bertz CT molecular complexity index is 948. The maximum atomic E-state index is 12.8. The summed E-state index contributed by atoms with van der Waals surface area (Å²) in [5.74, 6) is 0.514. The summed E-state index contributed by atoms with van der Waals surface area (Å²) in [5, 5.41) is 0. The zero-order chi connectivity index (χ0) is 19.9. The summed E-state index contributed by atoms with van der Waals surface area (Å²) in [5.41, 5.74) is 1.92. The van der Waals surface area contributed by atoms with E-state index >= 15 is 0 Å². The number of piperidine rings is 1. The second-order valence-corrected chi connectivity index (χ2v) is 7.45. The van der Waals surface area contributed by atoms with Crippen LogP contribution in [0.3, 0.4) is 0 Å². The highest BCUT2D eigenvalue weighted by molar-refractivity contribution is 5.94. The fourth-order valence-electron chi connectivity index (χ4n) is 4.35. The first kappa shape index (κ1) is 18.6. The molecule has 28 heavy (non-hydrogen) atoms. The number of carbonyl (C=O) groups is 1. The summed E-state index contributed by atoms with van der Waals surface area (Å²) in [7, 11) is 0. The molecule has 148 valence electrons. The van der Waals surface area contributed by atoms with Crippen molar-refractivity contribution in [3.8, 4) is 5.75 Å². The van der Waals surface area contributed by atoms with Crippen molar-refractivity contribution in [1.29, 1.82) is 0 Å². The second kappa shape index (κ2) is 7.00. The number of rotatable bonds is 3. The Balaban J connectivity index is 1.47. The zero-order valence-corrected chi connectivity index (χ0v) is 15.5. The third kappa shape index (κ3) is 3.27. The van der Waals surface area contributed by atoms with Gasteiger partial charge >= 0.3 is 6.61 Å². The Hall–Kier alpha value is -2.77. The summed E-state index contributed by atoms with van der Waals surface area (Å²) >= 11 is 0. The Morgan fingerprint density at radius 2 is 1.89 bits per heavy atom. The fraction of sp³-hybridized carbons (Fsp3) is 0.450. The van der Waals surface area contributed by atoms with Gasteiger partial charge in [0.05, 0.1) is 5.69 Å². The molecular weight excluding hydrogens is 368 g/mol. The normalized spacial score (nSPS) is 17.8. The smallest absolute Gasteiger partial charge is 0.387 e. The zero-order valence-electron chi connectivity index (χ0n) is 15.5. The van der Waals surface area contributed by atoms with Crippen molar-refractivity contribution in [1.82, 2.24) is 14.9 Å². The molecule has 8 heteroatoms. The lowest BCUT2D eigenvalue weighted by atomic mass is 9.76. The number of alkyl halides is 2. The first-order valence-electron chi connectivity index (χ1n) is 9.32. The molecule has 1 aliphatic carbocycles. The highest BCUT2D eigenvalue weighted by Crippen LogP contribution is 2.44. The molecule has 4 rings (SSSR count). The SMILES string of the molecule is Cc1nc2c(c(=O)[nH]1)CCC21CCN(C(=O)c2ccc(OC(F)F)cc2)CC1. The highest BCUT2D eigenvalue weighted by Gasteiger charge is 2.44. The maximum Gasteiger partial charge on any atom is 0.387 e. The summed E-state index contributed by atoms with van der Waals surface area (Å²) < 4.78 is 28.8. The number of halogens is 2. The van der Waals surface area contributed by atoms with Gasteiger partial charge < -0.3 is 14.6 Å². The average molecular weight is 389 g/mol. The summed E-state index contributed by atoms with van der Waals surface area (Å²) in [6.45, 7) is 0.0364. The minimum absolute atomic E-state index is 0.0263. The largest absolute Gasteiger partial charge is 0.435 e. The minimum Gasteiger partial charge on any atom is -0.435 e. The first-order valence-corrected chi connectivity index (χ1v) is 9.32. The van der Waals surface area contributed by atoms with Gasteiger partial charge in [-0.15, -0.1) is 0 Å². The Morgan fingerprint density at radius 1 is 1.21 bits per heavy atom. The van der Waals surface area contributed by atoms with Crippen LogP contribution in [0.2, 0.25) is 0 Å². The molecule has 0 unspecified atom stereocenters. The number of aryl methyl sites for hydroxylation is 1. The van der Waals surface area contributed by atoms with Gasteiger partial charge in [-0.25, -0.2) is 4.98 Å². The molecule has 0 atom stereocenters. The lowest BCUT2D eigenvalue weighted by molar-refractivity contribution is -0.0498. The molecule has 0 bridgehead atoms. The van der Waals surface area contributed by atoms with Crippen LogP contribution >= 0.6 is 0 Å². The van der Waals surface area contributed by atoms with Gasteiger partial charge in [-0.1, -0.05) is 0 Å². The molecule has 1 saturated heterocycles. The van der Waals surface area contributed by atoms with Gasteiger partial charge in [0.25, 0.3) is 11.5 Å². The van der Waals surface area contributed by atoms with Crippen molar-refractivity contribution in [2.45, 2.75) is 44.6 Å². The van der Waals surface area contributed by atoms with Gasteiger partial charge in [-0.2, -0.15) is 8.78 Å². The molecule has 0 saturated carbocycles. The van der Waals surface area contributed by atoms with E-state index in [2.05, 4.69) is 14.7 Å². The number of nitrogens with one attached hydrogen (secondary N) is 1. The van der Waals surface area contributed by atoms with Crippen LogP contribution in [0, 0.1) is 6.92 Å². The lowest BCUT2D eigenvalue weighted by Gasteiger charge is -2.39. The van der Waals surface area contributed by atoms with Crippen LogP contribution < -0.4 is 10.3 Å². The molecule has 1 fully saturated rings. The molecule has 2 aromatic rings. The Labute approximate surface area is 160 Å². The van der Waals surface area contributed by atoms with E-state index in [4.69, 9.17) is 0 Å². The number of hydrogen-bond acceptors (Lipinski definition) is 4. The molecule has 1 amide bonds. The number of benzene rings is 1. The number of H-pyrrole nitrogens is 1. The van der Waals surface area contributed by atoms with Crippen molar-refractivity contribution >= 4 is 5.91 Å². The van der Waals surface area contributed by atoms with Crippen LogP contribution in [-0.2, 0) is 11.8 Å². The summed E-state index contributed by atoms with van der Waals surface area (Å²) in [6, 6.07) is 5.74. The molecule has 1 aromatic carbocycles. The van der Waals surface area contributed by atoms with Gasteiger partial charge in [-0.3, -0.25) is 9.59 Å². The van der Waals surface area contributed by atoms with Crippen molar-refractivity contribution in [2.24, 2.45) is 0 Å². The fourth-order valence-corrected chi connectivity index (χ4v) is 4.35. The van der Waals surface area contributed by atoms with Crippen LogP contribution in [0.1, 0.15) is 46.7 Å². The van der Waals surface area contributed by atoms with Crippen molar-refractivity contribution in [2.75, 3.05) is 13.1 Å². The van der Waals surface area contributed by atoms with Crippen molar-refractivity contribution < 1.29 is 18.3 Å². The van der Waals surface area contributed by atoms with Crippen LogP contribution in [0.4, 0.5) is 8.78 Å². The standard InChI is InChI=1S/C20H21F2N3O3/c1-12-23-16-15(17(26)24-12)6-7-20(16)8-10-25(11-9-20)18(27)13-2-4-14(5-3-13)28-19(21)22/h2-5,19H,6-11H2,1H3,(H,23,24,26). The number of fused-ring (bicyclic) bond motifs is 2. The average Bonchev–Trinajstić information content (AvgIpc) is 3.00. The number of ether oxygens (including phenoxy) is 1. The first-order chi connectivity index (χ1) is 13.4. The summed E-state index contributed by atoms with van der Waals surface area (Å²) in [6.07, 6.45) is 3.11. The van der Waals surface area contributed by atoms with Crippen molar-refractivity contribution in [3.63, 3.8) is 0 Å². The molecule has 6 nitrogen and oxygen atoms in total. The molecule has 2 heterocycles. The Morgan fingerprint density at radius 3 is 2.54 bits per heavy atom. The molecule has 1 aromatic heterocycles.